The Morgan fingerprint density at radius 3 is 1.45 bits per heavy atom. The zero-order valence-corrected chi connectivity index (χ0v) is 22.7. The summed E-state index contributed by atoms with van der Waals surface area (Å²) in [7, 11) is 2.94. The summed E-state index contributed by atoms with van der Waals surface area (Å²) in [4.78, 5) is 11.9. The van der Waals surface area contributed by atoms with Gasteiger partial charge in [0.2, 0.25) is 0 Å². The number of ether oxygens (including phenoxy) is 6. The zero-order valence-electron chi connectivity index (χ0n) is 22.7. The fourth-order valence-corrected chi connectivity index (χ4v) is 4.32. The van der Waals surface area contributed by atoms with Crippen molar-refractivity contribution >= 4 is 5.69 Å². The van der Waals surface area contributed by atoms with E-state index in [1.807, 2.05) is 64.1 Å². The van der Waals surface area contributed by atoms with Crippen molar-refractivity contribution in [1.82, 2.24) is 0 Å². The van der Waals surface area contributed by atoms with E-state index in [-0.39, 0.29) is 11.4 Å². The summed E-state index contributed by atoms with van der Waals surface area (Å²) in [5.41, 5.74) is 1.84. The van der Waals surface area contributed by atoms with Gasteiger partial charge in [-0.25, -0.2) is 0 Å². The molecule has 0 N–H and O–H groups in total. The molecule has 38 heavy (non-hydrogen) atoms. The summed E-state index contributed by atoms with van der Waals surface area (Å²) < 4.78 is 34.1. The van der Waals surface area contributed by atoms with Gasteiger partial charge in [-0.15, -0.1) is 0 Å². The van der Waals surface area contributed by atoms with Crippen molar-refractivity contribution < 1.29 is 33.3 Å². The summed E-state index contributed by atoms with van der Waals surface area (Å²) >= 11 is 0. The van der Waals surface area contributed by atoms with Crippen LogP contribution in [0.5, 0.6) is 34.5 Å². The lowest BCUT2D eigenvalue weighted by atomic mass is 9.83. The highest BCUT2D eigenvalue weighted by Crippen LogP contribution is 2.46. The first-order valence-electron chi connectivity index (χ1n) is 12.6. The van der Waals surface area contributed by atoms with Crippen LogP contribution in [-0.4, -0.2) is 45.6 Å². The topological polar surface area (TPSA) is 98.5 Å². The quantitative estimate of drug-likeness (QED) is 0.136. The number of nitrogens with zero attached hydrogens (tertiary/aromatic N) is 1. The number of benzene rings is 3. The largest absolute Gasteiger partial charge is 0.493 e. The van der Waals surface area contributed by atoms with Gasteiger partial charge < -0.3 is 28.4 Å². The Morgan fingerprint density at radius 1 is 0.632 bits per heavy atom. The van der Waals surface area contributed by atoms with E-state index in [9.17, 15) is 10.1 Å². The van der Waals surface area contributed by atoms with Crippen molar-refractivity contribution in [3.63, 3.8) is 0 Å². The van der Waals surface area contributed by atoms with Gasteiger partial charge in [-0.3, -0.25) is 10.1 Å². The third-order valence-electron chi connectivity index (χ3n) is 5.84. The molecule has 0 saturated heterocycles. The molecular formula is C29H35NO8. The molecule has 0 spiro atoms. The van der Waals surface area contributed by atoms with Crippen LogP contribution in [0.4, 0.5) is 5.69 Å². The standard InChI is InChI=1S/C29H35NO8/c1-7-35-23-13-11-19(15-27(23)37-9-3)29(20-12-14-24(36-8-2)28(16-20)38-10-4)21-17-25(33-5)26(34-6)18-22(21)30(31)32/h11-18,29H,7-10H2,1-6H3. The molecule has 0 aliphatic rings. The molecule has 0 fully saturated rings. The number of nitro groups is 1. The normalized spacial score (nSPS) is 10.7. The highest BCUT2D eigenvalue weighted by Gasteiger charge is 2.30. The van der Waals surface area contributed by atoms with E-state index >= 15 is 0 Å². The van der Waals surface area contributed by atoms with Gasteiger partial charge in [0.25, 0.3) is 5.69 Å². The second-order valence-corrected chi connectivity index (χ2v) is 8.10. The molecule has 3 aromatic rings. The number of hydrogen-bond donors (Lipinski definition) is 0. The maximum atomic E-state index is 12.3. The van der Waals surface area contributed by atoms with E-state index in [1.165, 1.54) is 20.3 Å². The minimum atomic E-state index is -0.583. The maximum absolute atomic E-state index is 12.3. The average molecular weight is 526 g/mol. The van der Waals surface area contributed by atoms with Crippen LogP contribution in [0.1, 0.15) is 50.3 Å². The molecule has 0 aliphatic carbocycles. The SMILES string of the molecule is CCOc1ccc(C(c2ccc(OCC)c(OCC)c2)c2cc(OC)c(OC)cc2[N+](=O)[O-])cc1OCC. The van der Waals surface area contributed by atoms with Gasteiger partial charge in [-0.2, -0.15) is 0 Å². The molecule has 0 bridgehead atoms. The molecular weight excluding hydrogens is 490 g/mol. The molecule has 0 unspecified atom stereocenters. The van der Waals surface area contributed by atoms with Gasteiger partial charge >= 0.3 is 0 Å². The van der Waals surface area contributed by atoms with E-state index in [2.05, 4.69) is 0 Å². The molecule has 204 valence electrons. The smallest absolute Gasteiger partial charge is 0.277 e. The van der Waals surface area contributed by atoms with Crippen LogP contribution < -0.4 is 28.4 Å². The van der Waals surface area contributed by atoms with Crippen LogP contribution in [-0.2, 0) is 0 Å². The first-order chi connectivity index (χ1) is 18.4. The Morgan fingerprint density at radius 2 is 1.05 bits per heavy atom. The van der Waals surface area contributed by atoms with Gasteiger partial charge in [0.05, 0.1) is 51.6 Å². The van der Waals surface area contributed by atoms with Gasteiger partial charge in [0, 0.05) is 11.5 Å². The van der Waals surface area contributed by atoms with Gasteiger partial charge in [0.15, 0.2) is 34.5 Å². The molecule has 3 aromatic carbocycles. The predicted octanol–water partition coefficient (Wildman–Crippen LogP) is 6.39. The molecule has 3 rings (SSSR count). The first kappa shape index (κ1) is 28.4. The number of nitro benzene ring substituents is 1. The summed E-state index contributed by atoms with van der Waals surface area (Å²) in [5.74, 6) is 2.36. The van der Waals surface area contributed by atoms with Crippen LogP contribution in [0.25, 0.3) is 0 Å². The lowest BCUT2D eigenvalue weighted by Gasteiger charge is -2.23. The van der Waals surface area contributed by atoms with Crippen molar-refractivity contribution in [2.75, 3.05) is 40.6 Å². The van der Waals surface area contributed by atoms with Gasteiger partial charge in [0.1, 0.15) is 0 Å². The van der Waals surface area contributed by atoms with E-state index in [0.717, 1.165) is 11.1 Å². The molecule has 0 heterocycles. The Kier molecular flexibility index (Phi) is 10.0. The molecule has 0 atom stereocenters. The van der Waals surface area contributed by atoms with Crippen molar-refractivity contribution in [2.24, 2.45) is 0 Å². The van der Waals surface area contributed by atoms with Gasteiger partial charge in [-0.1, -0.05) is 12.1 Å². The molecule has 0 radical (unpaired) electrons. The Balaban J connectivity index is 2.35. The molecule has 0 aliphatic heterocycles. The monoisotopic (exact) mass is 525 g/mol. The number of methoxy groups -OCH3 is 2. The van der Waals surface area contributed by atoms with Crippen molar-refractivity contribution in [2.45, 2.75) is 33.6 Å². The Labute approximate surface area is 223 Å². The van der Waals surface area contributed by atoms with Crippen LogP contribution in [0.15, 0.2) is 48.5 Å². The Bertz CT molecular complexity index is 1180. The highest BCUT2D eigenvalue weighted by molar-refractivity contribution is 5.62. The van der Waals surface area contributed by atoms with E-state index in [4.69, 9.17) is 28.4 Å². The molecule has 0 saturated carbocycles. The molecule has 0 amide bonds. The number of hydrogen-bond acceptors (Lipinski definition) is 8. The van der Waals surface area contributed by atoms with Gasteiger partial charge in [-0.05, 0) is 69.2 Å². The lowest BCUT2D eigenvalue weighted by molar-refractivity contribution is -0.385. The number of rotatable bonds is 14. The summed E-state index contributed by atoms with van der Waals surface area (Å²) in [6.07, 6.45) is 0. The lowest BCUT2D eigenvalue weighted by Crippen LogP contribution is -2.10. The summed E-state index contributed by atoms with van der Waals surface area (Å²) in [5, 5.41) is 12.3. The maximum Gasteiger partial charge on any atom is 0.277 e. The van der Waals surface area contributed by atoms with Crippen molar-refractivity contribution in [3.8, 4) is 34.5 Å². The average Bonchev–Trinajstić information content (AvgIpc) is 2.91. The summed E-state index contributed by atoms with van der Waals surface area (Å²) in [6.45, 7) is 9.38. The van der Waals surface area contributed by atoms with E-state index in [0.29, 0.717) is 60.7 Å². The fraction of sp³-hybridized carbons (Fsp3) is 0.379. The van der Waals surface area contributed by atoms with Crippen LogP contribution in [0.3, 0.4) is 0 Å². The highest BCUT2D eigenvalue weighted by atomic mass is 16.6. The fourth-order valence-electron chi connectivity index (χ4n) is 4.32. The summed E-state index contributed by atoms with van der Waals surface area (Å²) in [6, 6.07) is 14.2. The second-order valence-electron chi connectivity index (χ2n) is 8.10. The second kappa shape index (κ2) is 13.4. The van der Waals surface area contributed by atoms with E-state index in [1.54, 1.807) is 6.07 Å². The Hall–Kier alpha value is -4.14. The third-order valence-corrected chi connectivity index (χ3v) is 5.84. The first-order valence-corrected chi connectivity index (χ1v) is 12.6. The molecule has 0 aromatic heterocycles. The van der Waals surface area contributed by atoms with Crippen molar-refractivity contribution in [3.05, 3.63) is 75.3 Å². The predicted molar refractivity (Wildman–Crippen MR) is 145 cm³/mol. The van der Waals surface area contributed by atoms with Crippen molar-refractivity contribution in [1.29, 1.82) is 0 Å². The van der Waals surface area contributed by atoms with Crippen LogP contribution in [0, 0.1) is 10.1 Å². The molecule has 9 heteroatoms. The van der Waals surface area contributed by atoms with Crippen LogP contribution in [0.2, 0.25) is 0 Å². The third kappa shape index (κ3) is 6.22. The molecule has 9 nitrogen and oxygen atoms in total. The van der Waals surface area contributed by atoms with E-state index < -0.39 is 10.8 Å². The minimum absolute atomic E-state index is 0.105. The zero-order chi connectivity index (χ0) is 27.7. The van der Waals surface area contributed by atoms with Crippen LogP contribution >= 0.6 is 0 Å². The minimum Gasteiger partial charge on any atom is -0.493 e.